The van der Waals surface area contributed by atoms with Gasteiger partial charge in [0.15, 0.2) is 0 Å². The number of hydrogen-bond donors (Lipinski definition) is 0. The molecule has 0 saturated carbocycles. The van der Waals surface area contributed by atoms with Gasteiger partial charge < -0.3 is 4.52 Å². The molecule has 1 aromatic heterocycles. The molecule has 3 aromatic rings. The summed E-state index contributed by atoms with van der Waals surface area (Å²) in [5, 5.41) is 7.53. The zero-order valence-electron chi connectivity index (χ0n) is 7.82. The molecule has 14 heavy (non-hydrogen) atoms. The van der Waals surface area contributed by atoms with Gasteiger partial charge in [-0.1, -0.05) is 35.5 Å². The van der Waals surface area contributed by atoms with E-state index < -0.39 is 0 Å². The third-order valence-electron chi connectivity index (χ3n) is 2.55. The molecule has 0 N–H and O–H groups in total. The first-order valence-corrected chi connectivity index (χ1v) is 4.60. The van der Waals surface area contributed by atoms with Gasteiger partial charge in [-0.05, 0) is 18.4 Å². The summed E-state index contributed by atoms with van der Waals surface area (Å²) in [6, 6.07) is 12.4. The first kappa shape index (κ1) is 7.56. The standard InChI is InChI=1S/C12H9NO/c1-8-10-7-6-9-4-2-3-5-11(9)12(10)13-14-8/h2-7H,1H3. The summed E-state index contributed by atoms with van der Waals surface area (Å²) in [4.78, 5) is 0. The Morgan fingerprint density at radius 3 is 2.79 bits per heavy atom. The number of hydrogen-bond acceptors (Lipinski definition) is 2. The lowest BCUT2D eigenvalue weighted by molar-refractivity contribution is 0.406. The molecule has 0 unspecified atom stereocenters. The minimum Gasteiger partial charge on any atom is -0.360 e. The van der Waals surface area contributed by atoms with Crippen LogP contribution in [0.3, 0.4) is 0 Å². The summed E-state index contributed by atoms with van der Waals surface area (Å²) >= 11 is 0. The topological polar surface area (TPSA) is 26.0 Å². The second-order valence-corrected chi connectivity index (χ2v) is 3.42. The lowest BCUT2D eigenvalue weighted by Crippen LogP contribution is -1.74. The quantitative estimate of drug-likeness (QED) is 0.534. The molecule has 0 saturated heterocycles. The third kappa shape index (κ3) is 0.880. The van der Waals surface area contributed by atoms with E-state index in [1.165, 1.54) is 5.39 Å². The van der Waals surface area contributed by atoms with E-state index in [1.54, 1.807) is 0 Å². The van der Waals surface area contributed by atoms with Crippen LogP contribution in [0.2, 0.25) is 0 Å². The molecule has 2 heteroatoms. The van der Waals surface area contributed by atoms with Gasteiger partial charge in [0, 0.05) is 10.8 Å². The lowest BCUT2D eigenvalue weighted by Gasteiger charge is -1.96. The smallest absolute Gasteiger partial charge is 0.141 e. The fraction of sp³-hybridized carbons (Fsp3) is 0.0833. The van der Waals surface area contributed by atoms with Crippen LogP contribution >= 0.6 is 0 Å². The van der Waals surface area contributed by atoms with Gasteiger partial charge in [-0.3, -0.25) is 0 Å². The van der Waals surface area contributed by atoms with E-state index in [0.717, 1.165) is 22.0 Å². The van der Waals surface area contributed by atoms with Crippen molar-refractivity contribution >= 4 is 21.7 Å². The Hall–Kier alpha value is -1.83. The Bertz CT molecular complexity index is 610. The van der Waals surface area contributed by atoms with Crippen LogP contribution in [-0.2, 0) is 0 Å². The highest BCUT2D eigenvalue weighted by Crippen LogP contribution is 2.25. The molecule has 0 aliphatic carbocycles. The van der Waals surface area contributed by atoms with Crippen molar-refractivity contribution in [3.8, 4) is 0 Å². The van der Waals surface area contributed by atoms with Gasteiger partial charge in [-0.25, -0.2) is 0 Å². The predicted molar refractivity (Wildman–Crippen MR) is 56.3 cm³/mol. The largest absolute Gasteiger partial charge is 0.360 e. The highest BCUT2D eigenvalue weighted by molar-refractivity contribution is 6.05. The Balaban J connectivity index is 2.61. The van der Waals surface area contributed by atoms with Crippen LogP contribution in [-0.4, -0.2) is 5.16 Å². The van der Waals surface area contributed by atoms with Gasteiger partial charge in [-0.2, -0.15) is 0 Å². The van der Waals surface area contributed by atoms with Gasteiger partial charge in [0.1, 0.15) is 11.3 Å². The Kier molecular flexibility index (Phi) is 1.39. The van der Waals surface area contributed by atoms with Crippen LogP contribution in [0.15, 0.2) is 40.9 Å². The minimum atomic E-state index is 0.880. The van der Waals surface area contributed by atoms with Gasteiger partial charge in [0.2, 0.25) is 0 Å². The predicted octanol–water partition coefficient (Wildman–Crippen LogP) is 3.29. The fourth-order valence-corrected chi connectivity index (χ4v) is 1.80. The normalized spacial score (nSPS) is 11.2. The van der Waals surface area contributed by atoms with Crippen molar-refractivity contribution in [3.63, 3.8) is 0 Å². The Morgan fingerprint density at radius 2 is 1.86 bits per heavy atom. The molecule has 0 bridgehead atoms. The summed E-state index contributed by atoms with van der Waals surface area (Å²) in [6.45, 7) is 1.93. The summed E-state index contributed by atoms with van der Waals surface area (Å²) in [5.41, 5.74) is 0.959. The number of benzene rings is 2. The molecule has 2 nitrogen and oxygen atoms in total. The Labute approximate surface area is 81.1 Å². The number of nitrogens with zero attached hydrogens (tertiary/aromatic N) is 1. The third-order valence-corrected chi connectivity index (χ3v) is 2.55. The molecule has 0 atom stereocenters. The number of fused-ring (bicyclic) bond motifs is 3. The van der Waals surface area contributed by atoms with E-state index >= 15 is 0 Å². The average molecular weight is 183 g/mol. The molecule has 3 rings (SSSR count). The van der Waals surface area contributed by atoms with E-state index in [0.29, 0.717) is 0 Å². The maximum atomic E-state index is 5.17. The molecule has 2 aromatic carbocycles. The van der Waals surface area contributed by atoms with Gasteiger partial charge in [-0.15, -0.1) is 0 Å². The van der Waals surface area contributed by atoms with Crippen molar-refractivity contribution in [2.75, 3.05) is 0 Å². The first-order chi connectivity index (χ1) is 6.86. The van der Waals surface area contributed by atoms with E-state index in [2.05, 4.69) is 29.4 Å². The molecule has 0 radical (unpaired) electrons. The average Bonchev–Trinajstić information content (AvgIpc) is 2.61. The van der Waals surface area contributed by atoms with E-state index in [4.69, 9.17) is 4.52 Å². The number of aryl methyl sites for hydroxylation is 1. The zero-order chi connectivity index (χ0) is 9.54. The molecule has 0 aliphatic heterocycles. The molecule has 0 aliphatic rings. The molecule has 68 valence electrons. The van der Waals surface area contributed by atoms with Crippen LogP contribution in [0.4, 0.5) is 0 Å². The van der Waals surface area contributed by atoms with Crippen LogP contribution in [0.25, 0.3) is 21.7 Å². The van der Waals surface area contributed by atoms with Crippen molar-refractivity contribution in [2.45, 2.75) is 6.92 Å². The van der Waals surface area contributed by atoms with Crippen LogP contribution in [0.1, 0.15) is 5.76 Å². The molecular weight excluding hydrogens is 174 g/mol. The SMILES string of the molecule is Cc1onc2c1ccc1ccccc12. The van der Waals surface area contributed by atoms with E-state index in [-0.39, 0.29) is 0 Å². The van der Waals surface area contributed by atoms with Gasteiger partial charge in [0.25, 0.3) is 0 Å². The van der Waals surface area contributed by atoms with Crippen molar-refractivity contribution in [1.82, 2.24) is 5.16 Å². The Morgan fingerprint density at radius 1 is 1.00 bits per heavy atom. The van der Waals surface area contributed by atoms with E-state index in [9.17, 15) is 0 Å². The number of rotatable bonds is 0. The summed E-state index contributed by atoms with van der Waals surface area (Å²) < 4.78 is 5.17. The fourth-order valence-electron chi connectivity index (χ4n) is 1.80. The highest BCUT2D eigenvalue weighted by Gasteiger charge is 2.06. The molecule has 0 amide bonds. The lowest BCUT2D eigenvalue weighted by atomic mass is 10.1. The van der Waals surface area contributed by atoms with Crippen molar-refractivity contribution < 1.29 is 4.52 Å². The van der Waals surface area contributed by atoms with Crippen molar-refractivity contribution in [1.29, 1.82) is 0 Å². The zero-order valence-corrected chi connectivity index (χ0v) is 7.82. The highest BCUT2D eigenvalue weighted by atomic mass is 16.5. The second-order valence-electron chi connectivity index (χ2n) is 3.42. The summed E-state index contributed by atoms with van der Waals surface area (Å²) in [6.07, 6.45) is 0. The van der Waals surface area contributed by atoms with Crippen LogP contribution in [0, 0.1) is 6.92 Å². The molecule has 1 heterocycles. The molecular formula is C12H9NO. The molecule has 0 spiro atoms. The van der Waals surface area contributed by atoms with Gasteiger partial charge in [0.05, 0.1) is 0 Å². The van der Waals surface area contributed by atoms with Crippen molar-refractivity contribution in [3.05, 3.63) is 42.2 Å². The van der Waals surface area contributed by atoms with Crippen LogP contribution in [0.5, 0.6) is 0 Å². The maximum absolute atomic E-state index is 5.17. The van der Waals surface area contributed by atoms with Crippen molar-refractivity contribution in [2.24, 2.45) is 0 Å². The van der Waals surface area contributed by atoms with Gasteiger partial charge >= 0.3 is 0 Å². The number of aromatic nitrogens is 1. The minimum absolute atomic E-state index is 0.880. The summed E-state index contributed by atoms with van der Waals surface area (Å²) in [5.74, 6) is 0.880. The first-order valence-electron chi connectivity index (χ1n) is 4.60. The monoisotopic (exact) mass is 183 g/mol. The van der Waals surface area contributed by atoms with Crippen LogP contribution < -0.4 is 0 Å². The summed E-state index contributed by atoms with van der Waals surface area (Å²) in [7, 11) is 0. The maximum Gasteiger partial charge on any atom is 0.141 e. The second kappa shape index (κ2) is 2.58. The molecule has 0 fully saturated rings. The van der Waals surface area contributed by atoms with E-state index in [1.807, 2.05) is 19.1 Å².